The van der Waals surface area contributed by atoms with Gasteiger partial charge in [-0.25, -0.2) is 0 Å². The Labute approximate surface area is 129 Å². The summed E-state index contributed by atoms with van der Waals surface area (Å²) >= 11 is 3.46. The van der Waals surface area contributed by atoms with Crippen LogP contribution in [0.2, 0.25) is 0 Å². The highest BCUT2D eigenvalue weighted by Crippen LogP contribution is 2.48. The zero-order chi connectivity index (χ0) is 14.9. The van der Waals surface area contributed by atoms with Gasteiger partial charge in [-0.1, -0.05) is 41.9 Å². The molecule has 4 heteroatoms. The maximum atomic E-state index is 12.3. The van der Waals surface area contributed by atoms with Crippen LogP contribution < -0.4 is 5.73 Å². The third-order valence-corrected chi connectivity index (χ3v) is 4.76. The first-order valence-corrected chi connectivity index (χ1v) is 7.92. The van der Waals surface area contributed by atoms with E-state index in [0.717, 1.165) is 23.9 Å². The predicted molar refractivity (Wildman–Crippen MR) is 85.5 cm³/mol. The van der Waals surface area contributed by atoms with Gasteiger partial charge in [-0.3, -0.25) is 4.79 Å². The highest BCUT2D eigenvalue weighted by atomic mass is 79.9. The smallest absolute Gasteiger partial charge is 0.239 e. The van der Waals surface area contributed by atoms with E-state index in [9.17, 15) is 4.79 Å². The van der Waals surface area contributed by atoms with Crippen molar-refractivity contribution in [1.82, 2.24) is 4.90 Å². The van der Waals surface area contributed by atoms with E-state index < -0.39 is 6.04 Å². The largest absolute Gasteiger partial charge is 0.344 e. The Morgan fingerprint density at radius 3 is 2.35 bits per heavy atom. The predicted octanol–water partition coefficient (Wildman–Crippen LogP) is 2.92. The average molecular weight is 339 g/mol. The fourth-order valence-electron chi connectivity index (χ4n) is 2.56. The minimum Gasteiger partial charge on any atom is -0.344 e. The van der Waals surface area contributed by atoms with Crippen molar-refractivity contribution < 1.29 is 4.79 Å². The van der Waals surface area contributed by atoms with Crippen LogP contribution in [0.1, 0.15) is 32.3 Å². The number of rotatable bonds is 5. The standard InChI is InChI=1S/C16H23BrN2O/c1-11(2)14(18)15(20)19(3)10-16(8-9-16)12-4-6-13(17)7-5-12/h4-7,11,14H,8-10,18H2,1-3H3/t14-/m0/s1. The highest BCUT2D eigenvalue weighted by Gasteiger charge is 2.45. The molecular weight excluding hydrogens is 316 g/mol. The van der Waals surface area contributed by atoms with Crippen molar-refractivity contribution in [1.29, 1.82) is 0 Å². The number of nitrogens with zero attached hydrogens (tertiary/aromatic N) is 1. The molecule has 0 heterocycles. The monoisotopic (exact) mass is 338 g/mol. The van der Waals surface area contributed by atoms with Crippen LogP contribution in [0.3, 0.4) is 0 Å². The lowest BCUT2D eigenvalue weighted by molar-refractivity contribution is -0.132. The fourth-order valence-corrected chi connectivity index (χ4v) is 2.83. The highest BCUT2D eigenvalue weighted by molar-refractivity contribution is 9.10. The number of halogens is 1. The zero-order valence-corrected chi connectivity index (χ0v) is 14.0. The molecule has 20 heavy (non-hydrogen) atoms. The second-order valence-corrected chi connectivity index (χ2v) is 7.17. The third kappa shape index (κ3) is 3.23. The Hall–Kier alpha value is -0.870. The van der Waals surface area contributed by atoms with Gasteiger partial charge in [-0.2, -0.15) is 0 Å². The van der Waals surface area contributed by atoms with Crippen LogP contribution in [0.5, 0.6) is 0 Å². The summed E-state index contributed by atoms with van der Waals surface area (Å²) in [6.07, 6.45) is 2.28. The summed E-state index contributed by atoms with van der Waals surface area (Å²) in [7, 11) is 1.86. The van der Waals surface area contributed by atoms with E-state index in [2.05, 4.69) is 40.2 Å². The van der Waals surface area contributed by atoms with Crippen LogP contribution in [0.15, 0.2) is 28.7 Å². The van der Waals surface area contributed by atoms with Gasteiger partial charge in [0.2, 0.25) is 5.91 Å². The molecule has 2 rings (SSSR count). The lowest BCUT2D eigenvalue weighted by atomic mass is 9.95. The summed E-state index contributed by atoms with van der Waals surface area (Å²) in [4.78, 5) is 14.1. The van der Waals surface area contributed by atoms with Gasteiger partial charge in [0.25, 0.3) is 0 Å². The van der Waals surface area contributed by atoms with Crippen molar-refractivity contribution in [3.05, 3.63) is 34.3 Å². The number of hydrogen-bond donors (Lipinski definition) is 1. The fraction of sp³-hybridized carbons (Fsp3) is 0.562. The average Bonchev–Trinajstić information content (AvgIpc) is 3.18. The van der Waals surface area contributed by atoms with Crippen LogP contribution in [-0.2, 0) is 10.2 Å². The number of nitrogens with two attached hydrogens (primary N) is 1. The molecular formula is C16H23BrN2O. The van der Waals surface area contributed by atoms with Gasteiger partial charge in [-0.15, -0.1) is 0 Å². The summed E-state index contributed by atoms with van der Waals surface area (Å²) in [6.45, 7) is 4.73. The Morgan fingerprint density at radius 2 is 1.90 bits per heavy atom. The summed E-state index contributed by atoms with van der Waals surface area (Å²) in [5.41, 5.74) is 7.42. The summed E-state index contributed by atoms with van der Waals surface area (Å²) in [5.74, 6) is 0.219. The lowest BCUT2D eigenvalue weighted by Crippen LogP contribution is -2.47. The van der Waals surface area contributed by atoms with Gasteiger partial charge in [0.05, 0.1) is 6.04 Å². The molecule has 0 radical (unpaired) electrons. The molecule has 1 aliphatic rings. The first kappa shape index (κ1) is 15.5. The van der Waals surface area contributed by atoms with Crippen LogP contribution in [0.4, 0.5) is 0 Å². The number of amides is 1. The molecule has 1 amide bonds. The van der Waals surface area contributed by atoms with Gasteiger partial charge >= 0.3 is 0 Å². The van der Waals surface area contributed by atoms with Crippen molar-refractivity contribution in [2.75, 3.05) is 13.6 Å². The molecule has 0 aromatic heterocycles. The number of hydrogen-bond acceptors (Lipinski definition) is 2. The van der Waals surface area contributed by atoms with Crippen LogP contribution in [-0.4, -0.2) is 30.4 Å². The second kappa shape index (κ2) is 5.86. The normalized spacial score (nSPS) is 17.9. The molecule has 1 aliphatic carbocycles. The van der Waals surface area contributed by atoms with E-state index in [-0.39, 0.29) is 17.2 Å². The number of benzene rings is 1. The number of carbonyl (C=O) groups is 1. The molecule has 1 saturated carbocycles. The van der Waals surface area contributed by atoms with E-state index >= 15 is 0 Å². The van der Waals surface area contributed by atoms with E-state index in [1.54, 1.807) is 4.90 Å². The van der Waals surface area contributed by atoms with Crippen LogP contribution >= 0.6 is 15.9 Å². The van der Waals surface area contributed by atoms with Crippen LogP contribution in [0, 0.1) is 5.92 Å². The molecule has 0 bridgehead atoms. The zero-order valence-electron chi connectivity index (χ0n) is 12.4. The Balaban J connectivity index is 2.05. The Morgan fingerprint density at radius 1 is 1.35 bits per heavy atom. The molecule has 0 saturated heterocycles. The Kier molecular flexibility index (Phi) is 4.55. The molecule has 0 spiro atoms. The van der Waals surface area contributed by atoms with E-state index in [0.29, 0.717) is 0 Å². The van der Waals surface area contributed by atoms with Gasteiger partial charge in [0.15, 0.2) is 0 Å². The molecule has 2 N–H and O–H groups in total. The first-order chi connectivity index (χ1) is 9.35. The molecule has 0 unspecified atom stereocenters. The van der Waals surface area contributed by atoms with Gasteiger partial charge in [0, 0.05) is 23.5 Å². The van der Waals surface area contributed by atoms with Crippen LogP contribution in [0.25, 0.3) is 0 Å². The molecule has 1 aromatic rings. The van der Waals surface area contributed by atoms with Crippen molar-refractivity contribution in [3.8, 4) is 0 Å². The van der Waals surface area contributed by atoms with E-state index in [1.807, 2.05) is 20.9 Å². The Bertz CT molecular complexity index is 480. The summed E-state index contributed by atoms with van der Waals surface area (Å²) in [6, 6.07) is 8.03. The maximum Gasteiger partial charge on any atom is 0.239 e. The second-order valence-electron chi connectivity index (χ2n) is 6.25. The minimum atomic E-state index is -0.402. The van der Waals surface area contributed by atoms with Crippen molar-refractivity contribution in [2.24, 2.45) is 11.7 Å². The first-order valence-electron chi connectivity index (χ1n) is 7.12. The molecule has 1 fully saturated rings. The topological polar surface area (TPSA) is 46.3 Å². The molecule has 1 aromatic carbocycles. The van der Waals surface area contributed by atoms with E-state index in [1.165, 1.54) is 5.56 Å². The molecule has 0 aliphatic heterocycles. The van der Waals surface area contributed by atoms with Crippen molar-refractivity contribution in [3.63, 3.8) is 0 Å². The van der Waals surface area contributed by atoms with Crippen molar-refractivity contribution >= 4 is 21.8 Å². The molecule has 3 nitrogen and oxygen atoms in total. The van der Waals surface area contributed by atoms with E-state index in [4.69, 9.17) is 5.73 Å². The van der Waals surface area contributed by atoms with Gasteiger partial charge in [0.1, 0.15) is 0 Å². The lowest BCUT2D eigenvalue weighted by Gasteiger charge is -2.28. The molecule has 110 valence electrons. The summed E-state index contributed by atoms with van der Waals surface area (Å²) < 4.78 is 1.09. The summed E-state index contributed by atoms with van der Waals surface area (Å²) in [5, 5.41) is 0. The SMILES string of the molecule is CC(C)[C@H](N)C(=O)N(C)CC1(c2ccc(Br)cc2)CC1. The third-order valence-electron chi connectivity index (χ3n) is 4.23. The minimum absolute atomic E-state index is 0.0448. The van der Waals surface area contributed by atoms with Gasteiger partial charge < -0.3 is 10.6 Å². The number of carbonyl (C=O) groups excluding carboxylic acids is 1. The van der Waals surface area contributed by atoms with Gasteiger partial charge in [-0.05, 0) is 36.5 Å². The van der Waals surface area contributed by atoms with Crippen molar-refractivity contribution in [2.45, 2.75) is 38.1 Å². The number of likely N-dealkylation sites (N-methyl/N-ethyl adjacent to an activating group) is 1. The quantitative estimate of drug-likeness (QED) is 0.897. The molecule has 1 atom stereocenters. The maximum absolute atomic E-state index is 12.3.